The number of para-hydroxylation sites is 2. The fourth-order valence-corrected chi connectivity index (χ4v) is 6.21. The number of aromatic nitrogens is 2. The number of fused-ring (bicyclic) bond motifs is 3. The Morgan fingerprint density at radius 3 is 2.74 bits per heavy atom. The van der Waals surface area contributed by atoms with E-state index in [9.17, 15) is 4.79 Å². The third-order valence-electron chi connectivity index (χ3n) is 8.40. The van der Waals surface area contributed by atoms with E-state index in [1.54, 1.807) is 7.11 Å². The molecule has 0 aliphatic heterocycles. The Kier molecular flexibility index (Phi) is 7.89. The Labute approximate surface area is 226 Å². The molecular formula is C32H41N3O3. The van der Waals surface area contributed by atoms with Gasteiger partial charge in [-0.3, -0.25) is 4.79 Å². The number of aromatic amines is 1. The molecular weight excluding hydrogens is 474 g/mol. The van der Waals surface area contributed by atoms with Gasteiger partial charge in [-0.25, -0.2) is 4.98 Å². The van der Waals surface area contributed by atoms with Crippen LogP contribution >= 0.6 is 0 Å². The van der Waals surface area contributed by atoms with Crippen LogP contribution in [0.2, 0.25) is 0 Å². The largest absolute Gasteiger partial charge is 0.497 e. The van der Waals surface area contributed by atoms with Crippen molar-refractivity contribution in [2.75, 3.05) is 27.2 Å². The number of esters is 1. The lowest BCUT2D eigenvalue weighted by Gasteiger charge is -2.50. The average Bonchev–Trinajstić information content (AvgIpc) is 3.35. The first-order valence-corrected chi connectivity index (χ1v) is 14.1. The number of nitrogens with one attached hydrogen (secondary N) is 1. The van der Waals surface area contributed by atoms with Crippen molar-refractivity contribution in [2.45, 2.75) is 58.0 Å². The number of H-pyrrole nitrogens is 1. The molecule has 3 aliphatic rings. The average molecular weight is 516 g/mol. The number of methoxy groups -OCH3 is 1. The number of carbonyl (C=O) groups is 1. The number of hydrogen-bond donors (Lipinski definition) is 1. The summed E-state index contributed by atoms with van der Waals surface area (Å²) in [5.74, 6) is 2.34. The highest BCUT2D eigenvalue weighted by atomic mass is 16.6. The van der Waals surface area contributed by atoms with E-state index in [1.165, 1.54) is 11.1 Å². The summed E-state index contributed by atoms with van der Waals surface area (Å²) in [5.41, 5.74) is 4.30. The summed E-state index contributed by atoms with van der Waals surface area (Å²) in [7, 11) is 3.89. The minimum atomic E-state index is -0.431. The molecule has 0 saturated heterocycles. The Morgan fingerprint density at radius 1 is 1.16 bits per heavy atom. The van der Waals surface area contributed by atoms with Crippen LogP contribution in [0.15, 0.2) is 54.6 Å². The van der Waals surface area contributed by atoms with E-state index in [0.29, 0.717) is 5.92 Å². The van der Waals surface area contributed by atoms with Crippen LogP contribution in [0.3, 0.4) is 0 Å². The molecule has 3 atom stereocenters. The first-order valence-electron chi connectivity index (χ1n) is 14.1. The van der Waals surface area contributed by atoms with Crippen LogP contribution < -0.4 is 4.74 Å². The van der Waals surface area contributed by atoms with Gasteiger partial charge >= 0.3 is 5.97 Å². The molecule has 1 heterocycles. The number of nitrogens with zero attached hydrogens (tertiary/aromatic N) is 2. The summed E-state index contributed by atoms with van der Waals surface area (Å²) < 4.78 is 11.9. The van der Waals surface area contributed by atoms with Gasteiger partial charge < -0.3 is 19.4 Å². The van der Waals surface area contributed by atoms with Crippen LogP contribution in [0.5, 0.6) is 5.75 Å². The van der Waals surface area contributed by atoms with Crippen molar-refractivity contribution in [3.63, 3.8) is 0 Å². The number of rotatable bonds is 11. The zero-order valence-corrected chi connectivity index (χ0v) is 23.2. The van der Waals surface area contributed by atoms with E-state index < -0.39 is 5.60 Å². The third-order valence-corrected chi connectivity index (χ3v) is 8.40. The van der Waals surface area contributed by atoms with Crippen LogP contribution in [-0.4, -0.2) is 53.7 Å². The summed E-state index contributed by atoms with van der Waals surface area (Å²) in [6.45, 7) is 5.74. The van der Waals surface area contributed by atoms with Crippen molar-refractivity contribution in [1.82, 2.24) is 14.9 Å². The maximum atomic E-state index is 12.9. The molecule has 0 spiro atoms. The molecule has 38 heavy (non-hydrogen) atoms. The second-order valence-electron chi connectivity index (χ2n) is 11.4. The predicted octanol–water partition coefficient (Wildman–Crippen LogP) is 6.28. The Hall–Kier alpha value is -3.12. The molecule has 0 radical (unpaired) electrons. The predicted molar refractivity (Wildman–Crippen MR) is 152 cm³/mol. The van der Waals surface area contributed by atoms with Gasteiger partial charge in [0, 0.05) is 25.3 Å². The van der Waals surface area contributed by atoms with Gasteiger partial charge in [-0.1, -0.05) is 44.2 Å². The quantitative estimate of drug-likeness (QED) is 0.305. The number of allylic oxidation sites excluding steroid dienone is 1. The van der Waals surface area contributed by atoms with Crippen LogP contribution in [-0.2, 0) is 16.0 Å². The minimum absolute atomic E-state index is 0.0820. The van der Waals surface area contributed by atoms with Crippen LogP contribution in [0.25, 0.3) is 16.6 Å². The summed E-state index contributed by atoms with van der Waals surface area (Å²) >= 11 is 0. The third kappa shape index (κ3) is 5.65. The van der Waals surface area contributed by atoms with Crippen molar-refractivity contribution >= 4 is 22.6 Å². The monoisotopic (exact) mass is 515 g/mol. The van der Waals surface area contributed by atoms with E-state index >= 15 is 0 Å². The molecule has 6 nitrogen and oxygen atoms in total. The normalized spacial score (nSPS) is 22.7. The van der Waals surface area contributed by atoms with E-state index in [0.717, 1.165) is 74.2 Å². The van der Waals surface area contributed by atoms with Crippen molar-refractivity contribution in [2.24, 2.45) is 17.8 Å². The number of ether oxygens (including phenoxy) is 2. The number of aryl methyl sites for hydroxylation is 1. The maximum absolute atomic E-state index is 12.9. The van der Waals surface area contributed by atoms with Crippen LogP contribution in [0, 0.1) is 17.8 Å². The highest BCUT2D eigenvalue weighted by Crippen LogP contribution is 2.53. The Balaban J connectivity index is 1.25. The number of carbonyl (C=O) groups excluding carboxylic acids is 1. The molecule has 2 bridgehead atoms. The van der Waals surface area contributed by atoms with Gasteiger partial charge in [0.2, 0.25) is 0 Å². The highest BCUT2D eigenvalue weighted by molar-refractivity contribution is 5.75. The second-order valence-corrected chi connectivity index (χ2v) is 11.4. The Morgan fingerprint density at radius 2 is 2.00 bits per heavy atom. The van der Waals surface area contributed by atoms with E-state index in [-0.39, 0.29) is 17.8 Å². The molecule has 202 valence electrons. The molecule has 1 N–H and O–H groups in total. The van der Waals surface area contributed by atoms with Gasteiger partial charge in [-0.2, -0.15) is 0 Å². The molecule has 2 aromatic carbocycles. The first kappa shape index (κ1) is 26.5. The molecule has 1 saturated carbocycles. The second kappa shape index (κ2) is 11.3. The Bertz CT molecular complexity index is 1260. The van der Waals surface area contributed by atoms with Gasteiger partial charge in [0.15, 0.2) is 0 Å². The number of benzene rings is 2. The van der Waals surface area contributed by atoms with Crippen molar-refractivity contribution < 1.29 is 14.3 Å². The smallest absolute Gasteiger partial charge is 0.308 e. The molecule has 6 rings (SSSR count). The topological polar surface area (TPSA) is 67.4 Å². The zero-order valence-electron chi connectivity index (χ0n) is 23.2. The van der Waals surface area contributed by atoms with Gasteiger partial charge in [-0.05, 0) is 80.6 Å². The summed E-state index contributed by atoms with van der Waals surface area (Å²) in [6.07, 6.45) is 8.31. The number of hydrogen-bond acceptors (Lipinski definition) is 5. The maximum Gasteiger partial charge on any atom is 0.308 e. The fourth-order valence-electron chi connectivity index (χ4n) is 6.21. The van der Waals surface area contributed by atoms with Crippen molar-refractivity contribution in [3.8, 4) is 5.75 Å². The molecule has 6 heteroatoms. The first-order chi connectivity index (χ1) is 18.4. The van der Waals surface area contributed by atoms with Crippen LogP contribution in [0.4, 0.5) is 0 Å². The summed E-state index contributed by atoms with van der Waals surface area (Å²) in [5, 5.41) is 0. The lowest BCUT2D eigenvalue weighted by molar-refractivity contribution is -0.176. The minimum Gasteiger partial charge on any atom is -0.497 e. The fraction of sp³-hybridized carbons (Fsp3) is 0.500. The van der Waals surface area contributed by atoms with Crippen molar-refractivity contribution in [1.29, 1.82) is 0 Å². The molecule has 1 fully saturated rings. The zero-order chi connectivity index (χ0) is 26.7. The van der Waals surface area contributed by atoms with Gasteiger partial charge in [-0.15, -0.1) is 0 Å². The summed E-state index contributed by atoms with van der Waals surface area (Å²) in [6, 6.07) is 16.5. The lowest BCUT2D eigenvalue weighted by atomic mass is 9.60. The van der Waals surface area contributed by atoms with Gasteiger partial charge in [0.1, 0.15) is 17.2 Å². The number of imidazole rings is 1. The standard InChI is InChI=1S/C32H41N3O3/c1-22(2)31(36)38-32(16-18-35(3)17-8-13-30-33-28-11-5-6-12-29(28)34-30)21-24-14-15-25(32)20-27(24)23-9-7-10-26(19-23)37-4/h5-7,9-12,19-20,22,24-25H,8,13-18,21H2,1-4H3,(H,33,34). The van der Waals surface area contributed by atoms with E-state index in [2.05, 4.69) is 47.3 Å². The SMILES string of the molecule is COc1cccc(C2=CC3CCC2CC3(CCN(C)CCCc2nc3ccccc3[nH]2)OC(=O)C(C)C)c1. The van der Waals surface area contributed by atoms with Crippen molar-refractivity contribution in [3.05, 3.63) is 66.0 Å². The van der Waals surface area contributed by atoms with Gasteiger partial charge in [0.05, 0.1) is 24.1 Å². The van der Waals surface area contributed by atoms with Crippen LogP contribution in [0.1, 0.15) is 57.3 Å². The summed E-state index contributed by atoms with van der Waals surface area (Å²) in [4.78, 5) is 23.4. The molecule has 1 aromatic heterocycles. The highest BCUT2D eigenvalue weighted by Gasteiger charge is 2.50. The molecule has 3 aromatic rings. The lowest BCUT2D eigenvalue weighted by Crippen LogP contribution is -2.51. The molecule has 0 amide bonds. The molecule has 3 unspecified atom stereocenters. The van der Waals surface area contributed by atoms with Gasteiger partial charge in [0.25, 0.3) is 0 Å². The van der Waals surface area contributed by atoms with E-state index in [1.807, 2.05) is 38.1 Å². The van der Waals surface area contributed by atoms with E-state index in [4.69, 9.17) is 14.5 Å². The molecule has 3 aliphatic carbocycles.